The quantitative estimate of drug-likeness (QED) is 0.859. The minimum Gasteiger partial charge on any atom is -0.389 e. The van der Waals surface area contributed by atoms with E-state index in [0.717, 1.165) is 25.0 Å². The second-order valence-corrected chi connectivity index (χ2v) is 4.88. The summed E-state index contributed by atoms with van der Waals surface area (Å²) in [6.07, 6.45) is -2.28. The third-order valence-electron chi connectivity index (χ3n) is 3.06. The van der Waals surface area contributed by atoms with Gasteiger partial charge in [0.25, 0.3) is 0 Å². The molecule has 0 radical (unpaired) electrons. The van der Waals surface area contributed by atoms with E-state index in [4.69, 9.17) is 18.0 Å². The van der Waals surface area contributed by atoms with Gasteiger partial charge in [-0.15, -0.1) is 0 Å². The average molecular weight is 274 g/mol. The zero-order valence-electron chi connectivity index (χ0n) is 9.79. The molecule has 0 aromatic heterocycles. The van der Waals surface area contributed by atoms with Gasteiger partial charge in [0.1, 0.15) is 4.99 Å². The third-order valence-corrected chi connectivity index (χ3v) is 3.28. The van der Waals surface area contributed by atoms with E-state index in [9.17, 15) is 13.2 Å². The summed E-state index contributed by atoms with van der Waals surface area (Å²) in [6, 6.07) is 3.91. The molecule has 0 unspecified atom stereocenters. The molecule has 0 atom stereocenters. The molecule has 1 aromatic carbocycles. The molecule has 0 amide bonds. The van der Waals surface area contributed by atoms with Gasteiger partial charge in [-0.1, -0.05) is 12.2 Å². The maximum absolute atomic E-state index is 12.6. The van der Waals surface area contributed by atoms with E-state index in [1.54, 1.807) is 0 Å². The lowest BCUT2D eigenvalue weighted by Gasteiger charge is -2.22. The van der Waals surface area contributed by atoms with E-state index >= 15 is 0 Å². The summed E-state index contributed by atoms with van der Waals surface area (Å²) < 4.78 is 37.9. The van der Waals surface area contributed by atoms with Crippen molar-refractivity contribution in [2.24, 2.45) is 5.73 Å². The predicted octanol–water partition coefficient (Wildman–Crippen LogP) is 2.94. The minimum atomic E-state index is -4.38. The second-order valence-electron chi connectivity index (χ2n) is 4.44. The Morgan fingerprint density at radius 3 is 2.44 bits per heavy atom. The molecule has 0 heterocycles. The lowest BCUT2D eigenvalue weighted by Crippen LogP contribution is -2.24. The Morgan fingerprint density at radius 1 is 1.39 bits per heavy atom. The first kappa shape index (κ1) is 13.1. The molecule has 1 fully saturated rings. The van der Waals surface area contributed by atoms with Gasteiger partial charge in [-0.3, -0.25) is 0 Å². The SMILES string of the molecule is CN(c1ccc(C(F)(F)F)cc1C(N)=S)C1CC1. The van der Waals surface area contributed by atoms with Crippen LogP contribution in [0.5, 0.6) is 0 Å². The molecule has 1 aliphatic carbocycles. The lowest BCUT2D eigenvalue weighted by atomic mass is 10.1. The number of anilines is 1. The van der Waals surface area contributed by atoms with E-state index in [1.165, 1.54) is 6.07 Å². The number of benzene rings is 1. The Labute approximate surface area is 109 Å². The molecule has 2 rings (SSSR count). The van der Waals surface area contributed by atoms with Crippen LogP contribution in [0.25, 0.3) is 0 Å². The molecule has 0 saturated heterocycles. The van der Waals surface area contributed by atoms with Crippen molar-refractivity contribution >= 4 is 22.9 Å². The monoisotopic (exact) mass is 274 g/mol. The van der Waals surface area contributed by atoms with Crippen LogP contribution in [0, 0.1) is 0 Å². The molecular weight excluding hydrogens is 261 g/mol. The van der Waals surface area contributed by atoms with Crippen LogP contribution in [0.3, 0.4) is 0 Å². The van der Waals surface area contributed by atoms with Gasteiger partial charge in [0.05, 0.1) is 5.56 Å². The summed E-state index contributed by atoms with van der Waals surface area (Å²) in [6.45, 7) is 0. The summed E-state index contributed by atoms with van der Waals surface area (Å²) in [7, 11) is 1.85. The smallest absolute Gasteiger partial charge is 0.389 e. The van der Waals surface area contributed by atoms with E-state index < -0.39 is 11.7 Å². The molecule has 2 N–H and O–H groups in total. The highest BCUT2D eigenvalue weighted by molar-refractivity contribution is 7.80. The van der Waals surface area contributed by atoms with Crippen molar-refractivity contribution < 1.29 is 13.2 Å². The Kier molecular flexibility index (Phi) is 3.23. The molecule has 98 valence electrons. The number of thiocarbonyl (C=S) groups is 1. The molecular formula is C12H13F3N2S. The van der Waals surface area contributed by atoms with Gasteiger partial charge >= 0.3 is 6.18 Å². The predicted molar refractivity (Wildman–Crippen MR) is 68.8 cm³/mol. The highest BCUT2D eigenvalue weighted by Gasteiger charge is 2.33. The van der Waals surface area contributed by atoms with E-state index in [-0.39, 0.29) is 10.6 Å². The number of rotatable bonds is 3. The number of hydrogen-bond acceptors (Lipinski definition) is 2. The first-order valence-electron chi connectivity index (χ1n) is 5.54. The number of hydrogen-bond donors (Lipinski definition) is 1. The van der Waals surface area contributed by atoms with E-state index in [1.807, 2.05) is 11.9 Å². The summed E-state index contributed by atoms with van der Waals surface area (Å²) >= 11 is 4.84. The van der Waals surface area contributed by atoms with Crippen LogP contribution in [-0.4, -0.2) is 18.1 Å². The van der Waals surface area contributed by atoms with Crippen LogP contribution in [0.1, 0.15) is 24.0 Å². The van der Waals surface area contributed by atoms with Crippen molar-refractivity contribution in [3.63, 3.8) is 0 Å². The summed E-state index contributed by atoms with van der Waals surface area (Å²) in [4.78, 5) is 1.93. The normalized spacial score (nSPS) is 15.6. The highest BCUT2D eigenvalue weighted by atomic mass is 32.1. The van der Waals surface area contributed by atoms with Gasteiger partial charge in [-0.2, -0.15) is 13.2 Å². The summed E-state index contributed by atoms with van der Waals surface area (Å²) in [5, 5.41) is 0. The van der Waals surface area contributed by atoms with Crippen molar-refractivity contribution in [1.29, 1.82) is 0 Å². The lowest BCUT2D eigenvalue weighted by molar-refractivity contribution is -0.137. The Bertz CT molecular complexity index is 481. The van der Waals surface area contributed by atoms with Gasteiger partial charge in [0, 0.05) is 24.3 Å². The van der Waals surface area contributed by atoms with Crippen molar-refractivity contribution in [3.05, 3.63) is 29.3 Å². The van der Waals surface area contributed by atoms with Crippen LogP contribution >= 0.6 is 12.2 Å². The summed E-state index contributed by atoms with van der Waals surface area (Å²) in [5.74, 6) is 0. The molecule has 2 nitrogen and oxygen atoms in total. The van der Waals surface area contributed by atoms with Crippen LogP contribution in [0.4, 0.5) is 18.9 Å². The number of nitrogens with zero attached hydrogens (tertiary/aromatic N) is 1. The number of nitrogens with two attached hydrogens (primary N) is 1. The van der Waals surface area contributed by atoms with E-state index in [2.05, 4.69) is 0 Å². The number of halogens is 3. The Balaban J connectivity index is 2.44. The first-order valence-corrected chi connectivity index (χ1v) is 5.95. The number of alkyl halides is 3. The van der Waals surface area contributed by atoms with Crippen molar-refractivity contribution in [2.45, 2.75) is 25.1 Å². The molecule has 0 bridgehead atoms. The first-order chi connectivity index (χ1) is 8.30. The van der Waals surface area contributed by atoms with Crippen LogP contribution < -0.4 is 10.6 Å². The van der Waals surface area contributed by atoms with Gasteiger partial charge < -0.3 is 10.6 Å². The maximum atomic E-state index is 12.6. The topological polar surface area (TPSA) is 29.3 Å². The van der Waals surface area contributed by atoms with Gasteiger partial charge in [-0.25, -0.2) is 0 Å². The third kappa shape index (κ3) is 2.58. The molecule has 6 heteroatoms. The highest BCUT2D eigenvalue weighted by Crippen LogP contribution is 2.36. The standard InChI is InChI=1S/C12H13F3N2S/c1-17(8-3-4-8)10-5-2-7(12(13,14)15)6-9(10)11(16)18/h2,5-6,8H,3-4H2,1H3,(H2,16,18). The van der Waals surface area contributed by atoms with E-state index in [0.29, 0.717) is 11.7 Å². The largest absolute Gasteiger partial charge is 0.416 e. The molecule has 18 heavy (non-hydrogen) atoms. The molecule has 0 aliphatic heterocycles. The van der Waals surface area contributed by atoms with Crippen LogP contribution in [0.2, 0.25) is 0 Å². The Morgan fingerprint density at radius 2 is 2.00 bits per heavy atom. The molecule has 1 aliphatic rings. The van der Waals surface area contributed by atoms with Gasteiger partial charge in [0.15, 0.2) is 0 Å². The van der Waals surface area contributed by atoms with Crippen molar-refractivity contribution in [3.8, 4) is 0 Å². The fourth-order valence-electron chi connectivity index (χ4n) is 1.88. The van der Waals surface area contributed by atoms with Crippen molar-refractivity contribution in [1.82, 2.24) is 0 Å². The second kappa shape index (κ2) is 4.42. The van der Waals surface area contributed by atoms with Crippen LogP contribution in [-0.2, 0) is 6.18 Å². The summed E-state index contributed by atoms with van der Waals surface area (Å²) in [5.41, 5.74) is 5.75. The molecule has 1 saturated carbocycles. The zero-order valence-corrected chi connectivity index (χ0v) is 10.6. The van der Waals surface area contributed by atoms with Crippen LogP contribution in [0.15, 0.2) is 18.2 Å². The molecule has 1 aromatic rings. The zero-order chi connectivity index (χ0) is 13.5. The van der Waals surface area contributed by atoms with Gasteiger partial charge in [0.2, 0.25) is 0 Å². The minimum absolute atomic E-state index is 0.0106. The van der Waals surface area contributed by atoms with Crippen molar-refractivity contribution in [2.75, 3.05) is 11.9 Å². The van der Waals surface area contributed by atoms with Gasteiger partial charge in [-0.05, 0) is 31.0 Å². The average Bonchev–Trinajstić information content (AvgIpc) is 3.09. The Hall–Kier alpha value is -1.30. The maximum Gasteiger partial charge on any atom is 0.416 e. The fourth-order valence-corrected chi connectivity index (χ4v) is 2.04. The fraction of sp³-hybridized carbons (Fsp3) is 0.417. The molecule has 0 spiro atoms.